The number of carbonyl (C=O) groups is 1. The molecule has 7 nitrogen and oxygen atoms in total. The molecule has 2 N–H and O–H groups in total. The van der Waals surface area contributed by atoms with Crippen LogP contribution in [-0.2, 0) is 6.18 Å². The second-order valence-electron chi connectivity index (χ2n) is 7.27. The van der Waals surface area contributed by atoms with E-state index in [0.717, 1.165) is 12.1 Å². The third-order valence-corrected chi connectivity index (χ3v) is 5.02. The Morgan fingerprint density at radius 3 is 2.31 bits per heavy atom. The van der Waals surface area contributed by atoms with Crippen LogP contribution in [0.2, 0.25) is 5.02 Å². The number of alkyl halides is 3. The number of nitrogens with one attached hydrogen (secondary N) is 2. The number of rotatable bonds is 6. The molecular formula is C24H19ClF3N5O2. The van der Waals surface area contributed by atoms with E-state index in [-0.39, 0.29) is 6.01 Å². The molecule has 1 heterocycles. The summed E-state index contributed by atoms with van der Waals surface area (Å²) >= 11 is 5.93. The molecule has 0 aliphatic heterocycles. The molecule has 3 aromatic carbocycles. The van der Waals surface area contributed by atoms with E-state index in [1.54, 1.807) is 55.5 Å². The van der Waals surface area contributed by atoms with Gasteiger partial charge in [0.15, 0.2) is 5.82 Å². The third kappa shape index (κ3) is 5.90. The van der Waals surface area contributed by atoms with Crippen molar-refractivity contribution in [1.29, 1.82) is 0 Å². The molecule has 0 saturated carbocycles. The molecule has 0 unspecified atom stereocenters. The van der Waals surface area contributed by atoms with Gasteiger partial charge in [0.05, 0.1) is 17.9 Å². The zero-order chi connectivity index (χ0) is 25.0. The highest BCUT2D eigenvalue weighted by Gasteiger charge is 2.30. The normalized spacial score (nSPS) is 11.2. The molecule has 0 aliphatic carbocycles. The van der Waals surface area contributed by atoms with Gasteiger partial charge >= 0.3 is 18.2 Å². The molecule has 0 spiro atoms. The molecule has 0 radical (unpaired) electrons. The molecule has 180 valence electrons. The van der Waals surface area contributed by atoms with Crippen LogP contribution >= 0.6 is 11.6 Å². The molecule has 4 rings (SSSR count). The quantitative estimate of drug-likeness (QED) is 0.310. The van der Waals surface area contributed by atoms with Crippen LogP contribution in [0.4, 0.5) is 29.3 Å². The van der Waals surface area contributed by atoms with Crippen LogP contribution in [-0.4, -0.2) is 27.4 Å². The van der Waals surface area contributed by atoms with E-state index in [1.807, 2.05) is 0 Å². The van der Waals surface area contributed by atoms with Crippen molar-refractivity contribution in [1.82, 2.24) is 14.8 Å². The molecule has 0 bridgehead atoms. The molecule has 0 atom stereocenters. The number of halogens is 4. The first-order valence-electron chi connectivity index (χ1n) is 10.4. The van der Waals surface area contributed by atoms with Crippen molar-refractivity contribution in [2.24, 2.45) is 0 Å². The number of amides is 2. The molecule has 0 saturated heterocycles. The minimum atomic E-state index is -4.44. The van der Waals surface area contributed by atoms with Crippen LogP contribution in [0.3, 0.4) is 0 Å². The molecule has 35 heavy (non-hydrogen) atoms. The molecular weight excluding hydrogens is 483 g/mol. The predicted octanol–water partition coefficient (Wildman–Crippen LogP) is 6.65. The van der Waals surface area contributed by atoms with Crippen molar-refractivity contribution in [3.8, 4) is 23.1 Å². The first-order valence-corrected chi connectivity index (χ1v) is 10.8. The maximum Gasteiger partial charge on any atom is 0.416 e. The van der Waals surface area contributed by atoms with Gasteiger partial charge in [-0.1, -0.05) is 29.8 Å². The summed E-state index contributed by atoms with van der Waals surface area (Å²) < 4.78 is 45.7. The van der Waals surface area contributed by atoms with Crippen molar-refractivity contribution in [3.63, 3.8) is 0 Å². The van der Waals surface area contributed by atoms with Crippen LogP contribution in [0.15, 0.2) is 72.8 Å². The Kier molecular flexibility index (Phi) is 6.92. The summed E-state index contributed by atoms with van der Waals surface area (Å²) in [5, 5.41) is 10.2. The van der Waals surface area contributed by atoms with Crippen molar-refractivity contribution in [2.75, 3.05) is 17.2 Å². The van der Waals surface area contributed by atoms with Gasteiger partial charge in [-0.2, -0.15) is 18.2 Å². The van der Waals surface area contributed by atoms with Gasteiger partial charge in [-0.05, 0) is 61.5 Å². The highest BCUT2D eigenvalue weighted by atomic mass is 35.5. The second kappa shape index (κ2) is 10.1. The fraction of sp³-hybridized carbons (Fsp3) is 0.125. The Bertz CT molecular complexity index is 1320. The van der Waals surface area contributed by atoms with Crippen LogP contribution in [0.25, 0.3) is 17.1 Å². The largest absolute Gasteiger partial charge is 0.463 e. The van der Waals surface area contributed by atoms with Crippen molar-refractivity contribution in [2.45, 2.75) is 13.1 Å². The molecule has 1 aromatic heterocycles. The van der Waals surface area contributed by atoms with Crippen molar-refractivity contribution >= 4 is 29.0 Å². The van der Waals surface area contributed by atoms with Crippen molar-refractivity contribution < 1.29 is 22.7 Å². The zero-order valence-electron chi connectivity index (χ0n) is 18.3. The highest BCUT2D eigenvalue weighted by Crippen LogP contribution is 2.31. The van der Waals surface area contributed by atoms with Crippen LogP contribution in [0.1, 0.15) is 12.5 Å². The smallest absolute Gasteiger partial charge is 0.416 e. The van der Waals surface area contributed by atoms with E-state index < -0.39 is 17.8 Å². The predicted molar refractivity (Wildman–Crippen MR) is 127 cm³/mol. The summed E-state index contributed by atoms with van der Waals surface area (Å²) in [5.41, 5.74) is 1.29. The van der Waals surface area contributed by atoms with Gasteiger partial charge in [0.25, 0.3) is 0 Å². The number of hydrogen-bond donors (Lipinski definition) is 2. The summed E-state index contributed by atoms with van der Waals surface area (Å²) in [5.74, 6) is 0.307. The minimum absolute atomic E-state index is 0.0884. The standard InChI is InChI=1S/C24H19ClF3N5O2/c1-2-35-23-31-21(15-6-8-16(9-7-15)24(26,27)28)33(32-23)20-12-10-18(11-13-20)29-22(34)30-19-5-3-4-17(25)14-19/h3-14H,2H2,1H3,(H2,29,30,34). The summed E-state index contributed by atoms with van der Waals surface area (Å²) in [7, 11) is 0. The van der Waals surface area contributed by atoms with E-state index in [2.05, 4.69) is 20.7 Å². The van der Waals surface area contributed by atoms with Crippen LogP contribution < -0.4 is 15.4 Å². The lowest BCUT2D eigenvalue weighted by Gasteiger charge is -2.10. The van der Waals surface area contributed by atoms with Gasteiger partial charge in [-0.25, -0.2) is 9.48 Å². The lowest BCUT2D eigenvalue weighted by atomic mass is 10.1. The summed E-state index contributed by atoms with van der Waals surface area (Å²) in [6, 6.07) is 17.7. The van der Waals surface area contributed by atoms with Gasteiger partial charge in [0, 0.05) is 22.0 Å². The maximum absolute atomic E-state index is 12.9. The summed E-state index contributed by atoms with van der Waals surface area (Å²) in [6.45, 7) is 2.09. The monoisotopic (exact) mass is 501 g/mol. The zero-order valence-corrected chi connectivity index (χ0v) is 19.1. The fourth-order valence-corrected chi connectivity index (χ4v) is 3.39. The minimum Gasteiger partial charge on any atom is -0.463 e. The lowest BCUT2D eigenvalue weighted by Crippen LogP contribution is -2.19. The van der Waals surface area contributed by atoms with Gasteiger partial charge in [0.1, 0.15) is 0 Å². The van der Waals surface area contributed by atoms with E-state index in [9.17, 15) is 18.0 Å². The Morgan fingerprint density at radius 2 is 1.69 bits per heavy atom. The Labute approximate surface area is 203 Å². The topological polar surface area (TPSA) is 81.1 Å². The van der Waals surface area contributed by atoms with Gasteiger partial charge in [0.2, 0.25) is 0 Å². The number of aromatic nitrogens is 3. The van der Waals surface area contributed by atoms with Crippen LogP contribution in [0, 0.1) is 0 Å². The number of nitrogens with zero attached hydrogens (tertiary/aromatic N) is 3. The number of ether oxygens (including phenoxy) is 1. The summed E-state index contributed by atoms with van der Waals surface area (Å²) in [6.07, 6.45) is -4.44. The molecule has 4 aromatic rings. The van der Waals surface area contributed by atoms with Gasteiger partial charge < -0.3 is 15.4 Å². The number of hydrogen-bond acceptors (Lipinski definition) is 4. The number of benzene rings is 3. The molecule has 0 aliphatic rings. The Balaban J connectivity index is 1.56. The van der Waals surface area contributed by atoms with Gasteiger partial charge in [-0.3, -0.25) is 0 Å². The summed E-state index contributed by atoms with van der Waals surface area (Å²) in [4.78, 5) is 16.6. The van der Waals surface area contributed by atoms with E-state index in [0.29, 0.717) is 40.1 Å². The van der Waals surface area contributed by atoms with E-state index in [4.69, 9.17) is 16.3 Å². The van der Waals surface area contributed by atoms with E-state index in [1.165, 1.54) is 16.8 Å². The lowest BCUT2D eigenvalue weighted by molar-refractivity contribution is -0.137. The highest BCUT2D eigenvalue weighted by molar-refractivity contribution is 6.30. The second-order valence-corrected chi connectivity index (χ2v) is 7.71. The number of urea groups is 1. The molecule has 11 heteroatoms. The molecule has 2 amide bonds. The van der Waals surface area contributed by atoms with Crippen LogP contribution in [0.5, 0.6) is 6.01 Å². The maximum atomic E-state index is 12.9. The SMILES string of the molecule is CCOc1nc(-c2ccc(C(F)(F)F)cc2)n(-c2ccc(NC(=O)Nc3cccc(Cl)c3)cc2)n1. The van der Waals surface area contributed by atoms with Crippen molar-refractivity contribution in [3.05, 3.63) is 83.4 Å². The first-order chi connectivity index (χ1) is 16.7. The Morgan fingerprint density at radius 1 is 1.00 bits per heavy atom. The van der Waals surface area contributed by atoms with Gasteiger partial charge in [-0.15, -0.1) is 5.10 Å². The number of anilines is 2. The fourth-order valence-electron chi connectivity index (χ4n) is 3.20. The number of carbonyl (C=O) groups excluding carboxylic acids is 1. The Hall–Kier alpha value is -4.05. The average Bonchev–Trinajstić information content (AvgIpc) is 3.23. The third-order valence-electron chi connectivity index (χ3n) is 4.78. The average molecular weight is 502 g/mol. The first kappa shape index (κ1) is 24.1. The molecule has 0 fully saturated rings. The van der Waals surface area contributed by atoms with E-state index >= 15 is 0 Å².